The molecule has 2 rings (SSSR count). The summed E-state index contributed by atoms with van der Waals surface area (Å²) in [6.45, 7) is 2.21. The second kappa shape index (κ2) is 4.83. The molecule has 0 saturated carbocycles. The second-order valence-corrected chi connectivity index (χ2v) is 3.23. The number of aryl methyl sites for hydroxylation is 1. The zero-order chi connectivity index (χ0) is 12.3. The Morgan fingerprint density at radius 3 is 3.00 bits per heavy atom. The van der Waals surface area contributed by atoms with Crippen LogP contribution < -0.4 is 0 Å². The summed E-state index contributed by atoms with van der Waals surface area (Å²) in [6, 6.07) is 0. The van der Waals surface area contributed by atoms with Gasteiger partial charge in [-0.25, -0.2) is 4.79 Å². The number of carbonyl (C=O) groups excluding carboxylic acids is 1. The maximum atomic E-state index is 11.7. The van der Waals surface area contributed by atoms with Gasteiger partial charge >= 0.3 is 5.97 Å². The number of methoxy groups -OCH3 is 1. The van der Waals surface area contributed by atoms with Gasteiger partial charge in [0.25, 0.3) is 5.78 Å². The number of esters is 1. The van der Waals surface area contributed by atoms with Crippen LogP contribution in [0.4, 0.5) is 0 Å². The number of fused-ring (bicyclic) bond motifs is 1. The van der Waals surface area contributed by atoms with Crippen LogP contribution in [0.1, 0.15) is 16.2 Å². The first-order valence-electron chi connectivity index (χ1n) is 4.93. The number of carbonyl (C=O) groups is 1. The molecule has 0 atom stereocenters. The van der Waals surface area contributed by atoms with Crippen molar-refractivity contribution >= 4 is 11.7 Å². The van der Waals surface area contributed by atoms with Crippen LogP contribution in [0.3, 0.4) is 0 Å². The van der Waals surface area contributed by atoms with Crippen molar-refractivity contribution in [2.24, 2.45) is 0 Å². The van der Waals surface area contributed by atoms with Gasteiger partial charge in [-0.05, 0) is 6.92 Å². The zero-order valence-corrected chi connectivity index (χ0v) is 9.45. The predicted octanol–water partition coefficient (Wildman–Crippen LogP) is -0.369. The summed E-state index contributed by atoms with van der Waals surface area (Å²) >= 11 is 0. The number of aromatic nitrogens is 5. The largest absolute Gasteiger partial charge is 0.458 e. The normalized spacial score (nSPS) is 10.7. The standard InChI is InChI=1S/C9H11N5O3/c1-6-7(8(15)17-4-3-16-2)12-13-9-10-5-11-14(6)9/h5H,3-4H2,1-2H3. The van der Waals surface area contributed by atoms with Crippen LogP contribution in [0, 0.1) is 6.92 Å². The highest BCUT2D eigenvalue weighted by molar-refractivity contribution is 5.88. The topological polar surface area (TPSA) is 91.5 Å². The summed E-state index contributed by atoms with van der Waals surface area (Å²) in [5.74, 6) is -0.208. The maximum absolute atomic E-state index is 11.7. The Morgan fingerprint density at radius 1 is 1.41 bits per heavy atom. The molecule has 0 spiro atoms. The van der Waals surface area contributed by atoms with E-state index >= 15 is 0 Å². The van der Waals surface area contributed by atoms with Gasteiger partial charge in [0.15, 0.2) is 5.69 Å². The van der Waals surface area contributed by atoms with E-state index in [0.29, 0.717) is 18.1 Å². The van der Waals surface area contributed by atoms with Crippen LogP contribution in [0.25, 0.3) is 5.78 Å². The third-order valence-electron chi connectivity index (χ3n) is 2.14. The van der Waals surface area contributed by atoms with Gasteiger partial charge in [-0.15, -0.1) is 10.2 Å². The second-order valence-electron chi connectivity index (χ2n) is 3.23. The van der Waals surface area contributed by atoms with E-state index in [-0.39, 0.29) is 12.3 Å². The first-order valence-corrected chi connectivity index (χ1v) is 4.93. The van der Waals surface area contributed by atoms with E-state index in [1.807, 2.05) is 0 Å². The molecular formula is C9H11N5O3. The fourth-order valence-corrected chi connectivity index (χ4v) is 1.28. The Labute approximate surface area is 96.6 Å². The van der Waals surface area contributed by atoms with E-state index in [2.05, 4.69) is 20.3 Å². The number of rotatable bonds is 4. The lowest BCUT2D eigenvalue weighted by Crippen LogP contribution is -2.16. The molecule has 17 heavy (non-hydrogen) atoms. The smallest absolute Gasteiger partial charge is 0.360 e. The minimum absolute atomic E-state index is 0.124. The molecule has 0 saturated heterocycles. The summed E-state index contributed by atoms with van der Waals surface area (Å²) in [7, 11) is 1.53. The summed E-state index contributed by atoms with van der Waals surface area (Å²) in [6.07, 6.45) is 1.34. The third-order valence-corrected chi connectivity index (χ3v) is 2.14. The molecule has 8 nitrogen and oxygen atoms in total. The van der Waals surface area contributed by atoms with Crippen LogP contribution >= 0.6 is 0 Å². The monoisotopic (exact) mass is 237 g/mol. The van der Waals surface area contributed by atoms with Gasteiger partial charge in [0.2, 0.25) is 0 Å². The average Bonchev–Trinajstić information content (AvgIpc) is 2.78. The van der Waals surface area contributed by atoms with Gasteiger partial charge in [0, 0.05) is 7.11 Å². The molecule has 0 aromatic carbocycles. The van der Waals surface area contributed by atoms with E-state index in [4.69, 9.17) is 9.47 Å². The van der Waals surface area contributed by atoms with E-state index in [9.17, 15) is 4.79 Å². The Hall–Kier alpha value is -2.09. The van der Waals surface area contributed by atoms with E-state index < -0.39 is 5.97 Å². The van der Waals surface area contributed by atoms with Crippen molar-refractivity contribution in [2.45, 2.75) is 6.92 Å². The molecule has 0 N–H and O–H groups in total. The fourth-order valence-electron chi connectivity index (χ4n) is 1.28. The zero-order valence-electron chi connectivity index (χ0n) is 9.45. The summed E-state index contributed by atoms with van der Waals surface area (Å²) in [4.78, 5) is 15.5. The molecule has 90 valence electrons. The van der Waals surface area contributed by atoms with Crippen molar-refractivity contribution in [3.63, 3.8) is 0 Å². The average molecular weight is 237 g/mol. The molecule has 0 radical (unpaired) electrons. The molecule has 0 aliphatic heterocycles. The number of nitrogens with zero attached hydrogens (tertiary/aromatic N) is 5. The van der Waals surface area contributed by atoms with E-state index in [1.54, 1.807) is 6.92 Å². The molecule has 2 aromatic heterocycles. The predicted molar refractivity (Wildman–Crippen MR) is 55.5 cm³/mol. The van der Waals surface area contributed by atoms with Crippen molar-refractivity contribution in [1.29, 1.82) is 0 Å². The fraction of sp³-hybridized carbons (Fsp3) is 0.444. The van der Waals surface area contributed by atoms with Gasteiger partial charge in [-0.1, -0.05) is 0 Å². The van der Waals surface area contributed by atoms with Crippen molar-refractivity contribution in [3.05, 3.63) is 17.7 Å². The summed E-state index contributed by atoms with van der Waals surface area (Å²) < 4.78 is 11.2. The molecule has 0 amide bonds. The highest BCUT2D eigenvalue weighted by atomic mass is 16.6. The highest BCUT2D eigenvalue weighted by Crippen LogP contribution is 2.05. The molecule has 0 fully saturated rings. The molecule has 2 aromatic rings. The van der Waals surface area contributed by atoms with Crippen molar-refractivity contribution in [3.8, 4) is 0 Å². The van der Waals surface area contributed by atoms with Crippen LogP contribution in [0.5, 0.6) is 0 Å². The minimum Gasteiger partial charge on any atom is -0.458 e. The molecular weight excluding hydrogens is 226 g/mol. The van der Waals surface area contributed by atoms with Gasteiger partial charge < -0.3 is 9.47 Å². The van der Waals surface area contributed by atoms with Crippen molar-refractivity contribution < 1.29 is 14.3 Å². The highest BCUT2D eigenvalue weighted by Gasteiger charge is 2.16. The van der Waals surface area contributed by atoms with Crippen LogP contribution in [-0.2, 0) is 9.47 Å². The Balaban J connectivity index is 2.23. The van der Waals surface area contributed by atoms with Crippen molar-refractivity contribution in [1.82, 2.24) is 24.8 Å². The number of ether oxygens (including phenoxy) is 2. The molecule has 2 heterocycles. The molecule has 0 aliphatic rings. The lowest BCUT2D eigenvalue weighted by molar-refractivity contribution is 0.0378. The number of hydrogen-bond donors (Lipinski definition) is 0. The third kappa shape index (κ3) is 2.21. The van der Waals surface area contributed by atoms with Crippen LogP contribution in [-0.4, -0.2) is 51.1 Å². The Kier molecular flexibility index (Phi) is 3.24. The van der Waals surface area contributed by atoms with Gasteiger partial charge in [-0.2, -0.15) is 14.6 Å². The molecule has 0 bridgehead atoms. The number of hydrogen-bond acceptors (Lipinski definition) is 7. The summed E-state index contributed by atoms with van der Waals surface area (Å²) in [5.41, 5.74) is 0.661. The van der Waals surface area contributed by atoms with Gasteiger partial charge in [0.05, 0.1) is 12.3 Å². The Morgan fingerprint density at radius 2 is 2.24 bits per heavy atom. The molecule has 0 unspecified atom stereocenters. The van der Waals surface area contributed by atoms with Crippen LogP contribution in [0.15, 0.2) is 6.33 Å². The van der Waals surface area contributed by atoms with Gasteiger partial charge in [-0.3, -0.25) is 0 Å². The lowest BCUT2D eigenvalue weighted by atomic mass is 10.3. The lowest BCUT2D eigenvalue weighted by Gasteiger charge is -2.05. The quantitative estimate of drug-likeness (QED) is 0.529. The van der Waals surface area contributed by atoms with Gasteiger partial charge in [0.1, 0.15) is 12.9 Å². The van der Waals surface area contributed by atoms with Crippen molar-refractivity contribution in [2.75, 3.05) is 20.3 Å². The minimum atomic E-state index is -0.551. The summed E-state index contributed by atoms with van der Waals surface area (Å²) in [5, 5.41) is 11.5. The first-order chi connectivity index (χ1) is 8.24. The van der Waals surface area contributed by atoms with E-state index in [0.717, 1.165) is 0 Å². The van der Waals surface area contributed by atoms with E-state index in [1.165, 1.54) is 18.0 Å². The molecule has 8 heteroatoms. The SMILES string of the molecule is COCCOC(=O)c1nnc2ncnn2c1C. The molecule has 0 aliphatic carbocycles. The Bertz CT molecular complexity index is 538. The maximum Gasteiger partial charge on any atom is 0.360 e. The van der Waals surface area contributed by atoms with Crippen LogP contribution in [0.2, 0.25) is 0 Å². The first kappa shape index (κ1) is 11.4.